The van der Waals surface area contributed by atoms with E-state index in [0.29, 0.717) is 12.4 Å². The molecule has 36 heavy (non-hydrogen) atoms. The van der Waals surface area contributed by atoms with Gasteiger partial charge in [0.2, 0.25) is 0 Å². The predicted octanol–water partition coefficient (Wildman–Crippen LogP) is 4.48. The molecule has 190 valence electrons. The van der Waals surface area contributed by atoms with Crippen molar-refractivity contribution in [2.75, 3.05) is 20.8 Å². The number of hydrogen-bond acceptors (Lipinski definition) is 8. The summed E-state index contributed by atoms with van der Waals surface area (Å²) >= 11 is 0. The molecule has 2 heterocycles. The Morgan fingerprint density at radius 1 is 0.889 bits per heavy atom. The highest BCUT2D eigenvalue weighted by atomic mass is 19.1. The lowest BCUT2D eigenvalue weighted by atomic mass is 9.99. The van der Waals surface area contributed by atoms with Crippen LogP contribution in [0.5, 0.6) is 0 Å². The zero-order valence-electron chi connectivity index (χ0n) is 20.7. The van der Waals surface area contributed by atoms with Crippen molar-refractivity contribution >= 4 is 6.21 Å². The first kappa shape index (κ1) is 25.8. The molecule has 5 atom stereocenters. The second-order valence-corrected chi connectivity index (χ2v) is 8.29. The number of hydrogen-bond donors (Lipinski definition) is 0. The molecule has 0 saturated carbocycles. The number of methoxy groups -OCH3 is 2. The molecule has 1 aliphatic rings. The van der Waals surface area contributed by atoms with Gasteiger partial charge in [0.1, 0.15) is 18.0 Å². The molecular weight excluding hydrogens is 465 g/mol. The van der Waals surface area contributed by atoms with E-state index in [1.807, 2.05) is 38.1 Å². The van der Waals surface area contributed by atoms with E-state index in [-0.39, 0.29) is 24.1 Å². The standard InChI is InChI=1S/C27H30FN3O5/c1-5-34-24-23(32-3)17(2)35-27(25(24)33-4)36-31-14-18-6-8-20(9-7-18)26-29-15-21(16-30-26)19-10-12-22(28)13-11-19/h6-17,23-25,27H,5H2,1-4H3/b31-14+/t17-,23-,24+,25+,27-/m0/s1. The number of oxime groups is 1. The summed E-state index contributed by atoms with van der Waals surface area (Å²) in [4.78, 5) is 14.5. The highest BCUT2D eigenvalue weighted by Crippen LogP contribution is 2.28. The van der Waals surface area contributed by atoms with Gasteiger partial charge in [0.15, 0.2) is 11.9 Å². The van der Waals surface area contributed by atoms with Gasteiger partial charge >= 0.3 is 0 Å². The average molecular weight is 496 g/mol. The van der Waals surface area contributed by atoms with E-state index in [4.69, 9.17) is 23.8 Å². The van der Waals surface area contributed by atoms with E-state index >= 15 is 0 Å². The molecule has 2 aromatic carbocycles. The molecule has 0 unspecified atom stereocenters. The van der Waals surface area contributed by atoms with E-state index in [9.17, 15) is 4.39 Å². The van der Waals surface area contributed by atoms with Crippen LogP contribution in [0.2, 0.25) is 0 Å². The van der Waals surface area contributed by atoms with Crippen LogP contribution in [0.1, 0.15) is 19.4 Å². The van der Waals surface area contributed by atoms with Crippen LogP contribution in [-0.2, 0) is 23.8 Å². The van der Waals surface area contributed by atoms with Crippen LogP contribution < -0.4 is 0 Å². The number of ether oxygens (including phenoxy) is 4. The number of nitrogens with zero attached hydrogens (tertiary/aromatic N) is 3. The van der Waals surface area contributed by atoms with Gasteiger partial charge in [-0.1, -0.05) is 41.6 Å². The van der Waals surface area contributed by atoms with Crippen LogP contribution in [-0.4, -0.2) is 67.7 Å². The van der Waals surface area contributed by atoms with Crippen molar-refractivity contribution in [2.45, 2.75) is 44.6 Å². The molecule has 0 radical (unpaired) electrons. The van der Waals surface area contributed by atoms with Crippen LogP contribution in [0.3, 0.4) is 0 Å². The second-order valence-electron chi connectivity index (χ2n) is 8.29. The number of benzene rings is 2. The minimum atomic E-state index is -0.739. The van der Waals surface area contributed by atoms with Gasteiger partial charge < -0.3 is 23.8 Å². The van der Waals surface area contributed by atoms with Crippen LogP contribution in [0.4, 0.5) is 4.39 Å². The van der Waals surface area contributed by atoms with Crippen LogP contribution in [0.15, 0.2) is 66.1 Å². The van der Waals surface area contributed by atoms with Gasteiger partial charge in [-0.25, -0.2) is 14.4 Å². The van der Waals surface area contributed by atoms with E-state index < -0.39 is 12.4 Å². The summed E-state index contributed by atoms with van der Waals surface area (Å²) < 4.78 is 36.1. The Labute approximate surface area is 210 Å². The van der Waals surface area contributed by atoms with Crippen molar-refractivity contribution < 1.29 is 28.2 Å². The molecule has 3 aromatic rings. The van der Waals surface area contributed by atoms with Gasteiger partial charge in [0, 0.05) is 44.3 Å². The fourth-order valence-corrected chi connectivity index (χ4v) is 4.15. The first-order chi connectivity index (χ1) is 17.5. The molecule has 4 rings (SSSR count). The van der Waals surface area contributed by atoms with Crippen LogP contribution >= 0.6 is 0 Å². The topological polar surface area (TPSA) is 84.3 Å². The monoisotopic (exact) mass is 495 g/mol. The predicted molar refractivity (Wildman–Crippen MR) is 133 cm³/mol. The highest BCUT2D eigenvalue weighted by molar-refractivity contribution is 5.80. The SMILES string of the molecule is CCO[C@@H]1[C@@H](OC)[C@H](C)O[C@@H](O/N=C/c2ccc(-c3ncc(-c4ccc(F)cc4)cn3)cc2)[C@@H]1OC. The summed E-state index contributed by atoms with van der Waals surface area (Å²) in [7, 11) is 3.20. The lowest BCUT2D eigenvalue weighted by Gasteiger charge is -2.42. The summed E-state index contributed by atoms with van der Waals surface area (Å²) in [5, 5.41) is 4.11. The second kappa shape index (κ2) is 12.1. The van der Waals surface area contributed by atoms with Crippen molar-refractivity contribution in [3.05, 3.63) is 72.3 Å². The van der Waals surface area contributed by atoms with Gasteiger partial charge in [0.05, 0.1) is 12.3 Å². The molecule has 8 nitrogen and oxygen atoms in total. The van der Waals surface area contributed by atoms with Gasteiger partial charge in [-0.2, -0.15) is 0 Å². The third kappa shape index (κ3) is 5.93. The molecule has 0 amide bonds. The molecule has 1 aliphatic heterocycles. The maximum Gasteiger partial charge on any atom is 0.256 e. The van der Waals surface area contributed by atoms with E-state index in [1.165, 1.54) is 12.1 Å². The summed E-state index contributed by atoms with van der Waals surface area (Å²) in [5.74, 6) is 0.307. The first-order valence-electron chi connectivity index (χ1n) is 11.7. The van der Waals surface area contributed by atoms with Gasteiger partial charge in [-0.05, 0) is 37.1 Å². The normalized spacial score (nSPS) is 24.2. The number of halogens is 1. The van der Waals surface area contributed by atoms with E-state index in [0.717, 1.165) is 22.3 Å². The van der Waals surface area contributed by atoms with Crippen LogP contribution in [0.25, 0.3) is 22.5 Å². The van der Waals surface area contributed by atoms with Gasteiger partial charge in [0.25, 0.3) is 6.29 Å². The Balaban J connectivity index is 1.39. The van der Waals surface area contributed by atoms with E-state index in [2.05, 4.69) is 15.1 Å². The lowest BCUT2D eigenvalue weighted by Crippen LogP contribution is -2.59. The van der Waals surface area contributed by atoms with Crippen molar-refractivity contribution in [1.29, 1.82) is 0 Å². The fraction of sp³-hybridized carbons (Fsp3) is 0.370. The minimum Gasteiger partial charge on any atom is -0.376 e. The molecular formula is C27H30FN3O5. The van der Waals surface area contributed by atoms with Crippen molar-refractivity contribution in [2.24, 2.45) is 5.16 Å². The summed E-state index contributed by atoms with van der Waals surface area (Å²) in [6.07, 6.45) is 2.92. The largest absolute Gasteiger partial charge is 0.376 e. The quantitative estimate of drug-likeness (QED) is 0.320. The Kier molecular flexibility index (Phi) is 8.71. The molecule has 1 aromatic heterocycles. The van der Waals surface area contributed by atoms with E-state index in [1.54, 1.807) is 45.0 Å². The average Bonchev–Trinajstić information content (AvgIpc) is 2.90. The van der Waals surface area contributed by atoms with Crippen molar-refractivity contribution in [3.8, 4) is 22.5 Å². The summed E-state index contributed by atoms with van der Waals surface area (Å²) in [5.41, 5.74) is 3.35. The summed E-state index contributed by atoms with van der Waals surface area (Å²) in [6, 6.07) is 13.8. The van der Waals surface area contributed by atoms with Gasteiger partial charge in [-0.15, -0.1) is 0 Å². The first-order valence-corrected chi connectivity index (χ1v) is 11.7. The molecule has 0 bridgehead atoms. The zero-order valence-corrected chi connectivity index (χ0v) is 20.7. The molecule has 9 heteroatoms. The Morgan fingerprint density at radius 2 is 1.53 bits per heavy atom. The van der Waals surface area contributed by atoms with Crippen molar-refractivity contribution in [1.82, 2.24) is 9.97 Å². The van der Waals surface area contributed by atoms with Gasteiger partial charge in [-0.3, -0.25) is 0 Å². The third-order valence-corrected chi connectivity index (χ3v) is 6.00. The highest BCUT2D eigenvalue weighted by Gasteiger charge is 2.47. The van der Waals surface area contributed by atoms with Crippen molar-refractivity contribution in [3.63, 3.8) is 0 Å². The maximum atomic E-state index is 13.1. The zero-order chi connectivity index (χ0) is 25.5. The Morgan fingerprint density at radius 3 is 2.14 bits per heavy atom. The number of aromatic nitrogens is 2. The molecule has 0 spiro atoms. The smallest absolute Gasteiger partial charge is 0.256 e. The minimum absolute atomic E-state index is 0.258. The Hall–Kier alpha value is -3.24. The maximum absolute atomic E-state index is 13.1. The third-order valence-electron chi connectivity index (χ3n) is 6.00. The molecule has 1 saturated heterocycles. The fourth-order valence-electron chi connectivity index (χ4n) is 4.15. The lowest BCUT2D eigenvalue weighted by molar-refractivity contribution is -0.308. The Bertz CT molecular complexity index is 1130. The summed E-state index contributed by atoms with van der Waals surface area (Å²) in [6.45, 7) is 4.33. The van der Waals surface area contributed by atoms with Crippen LogP contribution in [0, 0.1) is 5.82 Å². The number of rotatable bonds is 9. The molecule has 0 N–H and O–H groups in total. The molecule has 0 aliphatic carbocycles. The molecule has 1 fully saturated rings.